The van der Waals surface area contributed by atoms with E-state index < -0.39 is 35.5 Å². The third kappa shape index (κ3) is 3.00. The topological polar surface area (TPSA) is 121 Å². The zero-order valence-electron chi connectivity index (χ0n) is 10.3. The molecule has 0 bridgehead atoms. The van der Waals surface area contributed by atoms with Crippen molar-refractivity contribution in [3.05, 3.63) is 0 Å². The van der Waals surface area contributed by atoms with Crippen molar-refractivity contribution in [3.8, 4) is 0 Å². The van der Waals surface area contributed by atoms with Crippen LogP contribution in [0.3, 0.4) is 0 Å². The van der Waals surface area contributed by atoms with E-state index in [1.54, 1.807) is 0 Å². The average Bonchev–Trinajstić information content (AvgIpc) is 2.25. The molecule has 0 amide bonds. The molecule has 108 valence electrons. The normalized spacial score (nSPS) is 24.4. The van der Waals surface area contributed by atoms with Gasteiger partial charge in [-0.2, -0.15) is 16.8 Å². The van der Waals surface area contributed by atoms with Crippen molar-refractivity contribution in [1.82, 2.24) is 5.32 Å². The minimum absolute atomic E-state index is 0.196. The molecule has 3 N–H and O–H groups in total. The molecule has 18 heavy (non-hydrogen) atoms. The van der Waals surface area contributed by atoms with E-state index in [0.717, 1.165) is 0 Å². The summed E-state index contributed by atoms with van der Waals surface area (Å²) in [5, 5.41) is 0.366. The van der Waals surface area contributed by atoms with Crippen molar-refractivity contribution >= 4 is 20.2 Å². The first-order valence-corrected chi connectivity index (χ1v) is 8.52. The lowest BCUT2D eigenvalue weighted by molar-refractivity contribution is -0.947. The Balaban J connectivity index is 3.27. The molecule has 1 fully saturated rings. The van der Waals surface area contributed by atoms with Crippen LogP contribution in [0.15, 0.2) is 0 Å². The van der Waals surface area contributed by atoms with Gasteiger partial charge in [-0.25, -0.2) is 0 Å². The Hall–Kier alpha value is -0.260. The first-order chi connectivity index (χ1) is 8.02. The highest BCUT2D eigenvalue weighted by molar-refractivity contribution is 7.87. The molecule has 2 atom stereocenters. The van der Waals surface area contributed by atoms with Gasteiger partial charge in [0.1, 0.15) is 0 Å². The molecule has 0 radical (unpaired) electrons. The van der Waals surface area contributed by atoms with Crippen LogP contribution in [0.5, 0.6) is 0 Å². The summed E-state index contributed by atoms with van der Waals surface area (Å²) in [4.78, 5) is 0. The zero-order valence-corrected chi connectivity index (χ0v) is 11.9. The van der Waals surface area contributed by atoms with Crippen LogP contribution in [0.25, 0.3) is 0 Å². The predicted molar refractivity (Wildman–Crippen MR) is 64.9 cm³/mol. The van der Waals surface area contributed by atoms with E-state index in [2.05, 4.69) is 5.32 Å². The quantitative estimate of drug-likeness (QED) is 0.444. The van der Waals surface area contributed by atoms with E-state index in [0.29, 0.717) is 13.1 Å². The van der Waals surface area contributed by atoms with E-state index in [1.165, 1.54) is 13.8 Å². The molecule has 2 unspecified atom stereocenters. The number of hydrogen-bond donors (Lipinski definition) is 3. The largest absolute Gasteiger partial charge is 0.319 e. The van der Waals surface area contributed by atoms with Crippen LogP contribution in [0.2, 0.25) is 0 Å². The van der Waals surface area contributed by atoms with Gasteiger partial charge >= 0.3 is 20.2 Å². The van der Waals surface area contributed by atoms with Crippen LogP contribution >= 0.6 is 0 Å². The lowest BCUT2D eigenvalue weighted by atomic mass is 10.2. The Morgan fingerprint density at radius 3 is 1.56 bits per heavy atom. The minimum atomic E-state index is -4.40. The number of hydrogen-bond acceptors (Lipinski definition) is 5. The van der Waals surface area contributed by atoms with Crippen LogP contribution in [-0.2, 0) is 20.2 Å². The Labute approximate surface area is 107 Å². The number of piperazine rings is 1. The minimum Gasteiger partial charge on any atom is -0.306 e. The fourth-order valence-corrected chi connectivity index (χ4v) is 4.29. The fourth-order valence-electron chi connectivity index (χ4n) is 2.36. The van der Waals surface area contributed by atoms with Crippen molar-refractivity contribution in [2.24, 2.45) is 0 Å². The van der Waals surface area contributed by atoms with Crippen molar-refractivity contribution < 1.29 is 30.4 Å². The van der Waals surface area contributed by atoms with Gasteiger partial charge in [0, 0.05) is 26.9 Å². The summed E-state index contributed by atoms with van der Waals surface area (Å²) in [6.45, 7) is 3.73. The monoisotopic (exact) mass is 303 g/mol. The fraction of sp³-hybridized carbons (Fsp3) is 1.00. The first kappa shape index (κ1) is 15.8. The summed E-state index contributed by atoms with van der Waals surface area (Å²) in [7, 11) is -8.79. The van der Waals surface area contributed by atoms with Crippen molar-refractivity contribution in [2.75, 3.05) is 26.2 Å². The van der Waals surface area contributed by atoms with Gasteiger partial charge in [0.2, 0.25) is 10.7 Å². The van der Waals surface area contributed by atoms with Gasteiger partial charge in [0.15, 0.2) is 0 Å². The highest BCUT2D eigenvalue weighted by Gasteiger charge is 2.50. The van der Waals surface area contributed by atoms with Crippen LogP contribution in [0.4, 0.5) is 0 Å². The van der Waals surface area contributed by atoms with Crippen LogP contribution in [0, 0.1) is 0 Å². The van der Waals surface area contributed by atoms with Gasteiger partial charge in [0.05, 0.1) is 13.1 Å². The molecule has 1 heterocycles. The van der Waals surface area contributed by atoms with Crippen LogP contribution < -0.4 is 5.32 Å². The smallest absolute Gasteiger partial charge is 0.306 e. The summed E-state index contributed by atoms with van der Waals surface area (Å²) in [6.07, 6.45) is 0. The standard InChI is InChI=1S/C8H18N2O6S2/c1-7(17(11,12)13)10(5-3-9-4-6-10)8(2)18(14,15)16/h7-9H,3-6H2,1-2H3,(H-,11,12,13,14,15,16)/p+1. The average molecular weight is 303 g/mol. The van der Waals surface area contributed by atoms with Crippen LogP contribution in [-0.4, -0.2) is 67.4 Å². The SMILES string of the molecule is CC([N+]1(C(C)S(=O)(=O)O)CCNCC1)S(=O)(=O)O. The zero-order chi connectivity index (χ0) is 14.2. The molecule has 0 saturated carbocycles. The molecule has 0 aromatic carbocycles. The van der Waals surface area contributed by atoms with Gasteiger partial charge in [-0.15, -0.1) is 0 Å². The maximum Gasteiger partial charge on any atom is 0.319 e. The molecule has 1 aliphatic rings. The van der Waals surface area contributed by atoms with Crippen molar-refractivity contribution in [2.45, 2.75) is 24.6 Å². The van der Waals surface area contributed by atoms with E-state index in [9.17, 15) is 25.9 Å². The maximum atomic E-state index is 11.3. The van der Waals surface area contributed by atoms with E-state index in [4.69, 9.17) is 0 Å². The van der Waals surface area contributed by atoms with Crippen molar-refractivity contribution in [3.63, 3.8) is 0 Å². The summed E-state index contributed by atoms with van der Waals surface area (Å²) in [5.74, 6) is 0. The first-order valence-electron chi connectivity index (χ1n) is 5.51. The molecule has 1 aliphatic heterocycles. The molecule has 8 nitrogen and oxygen atoms in total. The van der Waals surface area contributed by atoms with Crippen LogP contribution in [0.1, 0.15) is 13.8 Å². The molecule has 1 rings (SSSR count). The van der Waals surface area contributed by atoms with Gasteiger partial charge < -0.3 is 5.32 Å². The number of rotatable bonds is 4. The summed E-state index contributed by atoms with van der Waals surface area (Å²) < 4.78 is 63.2. The summed E-state index contributed by atoms with van der Waals surface area (Å²) >= 11 is 0. The van der Waals surface area contributed by atoms with Gasteiger partial charge in [-0.1, -0.05) is 0 Å². The number of nitrogens with one attached hydrogen (secondary N) is 1. The second-order valence-corrected chi connectivity index (χ2v) is 7.95. The third-order valence-electron chi connectivity index (χ3n) is 3.72. The Morgan fingerprint density at radius 2 is 1.28 bits per heavy atom. The molecule has 0 aromatic heterocycles. The second kappa shape index (κ2) is 5.02. The molecule has 0 spiro atoms. The summed E-state index contributed by atoms with van der Waals surface area (Å²) in [6, 6.07) is 0. The van der Waals surface area contributed by atoms with Crippen molar-refractivity contribution in [1.29, 1.82) is 0 Å². The Kier molecular flexibility index (Phi) is 4.41. The number of quaternary nitrogens is 1. The van der Waals surface area contributed by atoms with E-state index in [1.807, 2.05) is 0 Å². The van der Waals surface area contributed by atoms with Gasteiger partial charge in [-0.05, 0) is 0 Å². The predicted octanol–water partition coefficient (Wildman–Crippen LogP) is -1.13. The number of nitrogens with zero attached hydrogens (tertiary/aromatic N) is 1. The van der Waals surface area contributed by atoms with E-state index in [-0.39, 0.29) is 13.1 Å². The molecule has 10 heteroatoms. The lowest BCUT2D eigenvalue weighted by Crippen LogP contribution is -2.69. The molecular formula is C8H19N2O6S2+. The Bertz CT molecular complexity index is 454. The molecule has 1 saturated heterocycles. The van der Waals surface area contributed by atoms with E-state index >= 15 is 0 Å². The Morgan fingerprint density at radius 1 is 0.944 bits per heavy atom. The summed E-state index contributed by atoms with van der Waals surface area (Å²) in [5.41, 5.74) is 0. The third-order valence-corrected chi connectivity index (χ3v) is 6.28. The lowest BCUT2D eigenvalue weighted by Gasteiger charge is -2.47. The van der Waals surface area contributed by atoms with Gasteiger partial charge in [0.25, 0.3) is 0 Å². The van der Waals surface area contributed by atoms with Gasteiger partial charge in [-0.3, -0.25) is 13.6 Å². The molecular weight excluding hydrogens is 284 g/mol. The highest BCUT2D eigenvalue weighted by Crippen LogP contribution is 2.26. The maximum absolute atomic E-state index is 11.3. The highest BCUT2D eigenvalue weighted by atomic mass is 32.2. The molecule has 0 aromatic rings. The molecule has 0 aliphatic carbocycles. The second-order valence-electron chi connectivity index (χ2n) is 4.53.